The van der Waals surface area contributed by atoms with Gasteiger partial charge in [-0.1, -0.05) is 59.6 Å². The fourth-order valence-electron chi connectivity index (χ4n) is 4.18. The molecule has 0 saturated carbocycles. The zero-order chi connectivity index (χ0) is 39.3. The van der Waals surface area contributed by atoms with Crippen molar-refractivity contribution < 1.29 is 84.8 Å². The van der Waals surface area contributed by atoms with Gasteiger partial charge in [0.2, 0.25) is 12.6 Å². The van der Waals surface area contributed by atoms with Crippen molar-refractivity contribution in [1.82, 2.24) is 0 Å². The molecule has 4 unspecified atom stereocenters. The first-order chi connectivity index (χ1) is 23.9. The largest absolute Gasteiger partial charge is 0.514 e. The van der Waals surface area contributed by atoms with Gasteiger partial charge < -0.3 is 49.4 Å². The average Bonchev–Trinajstić information content (AvgIpc) is 3.01. The van der Waals surface area contributed by atoms with E-state index in [4.69, 9.17) is 66.0 Å². The van der Waals surface area contributed by atoms with Crippen LogP contribution in [0.4, 0.5) is 4.79 Å². The second-order valence-corrected chi connectivity index (χ2v) is 21.8. The molecule has 7 N–H and O–H groups in total. The molecule has 25 heteroatoms. The van der Waals surface area contributed by atoms with E-state index >= 15 is 0 Å². The van der Waals surface area contributed by atoms with Gasteiger partial charge in [0, 0.05) is 6.42 Å². The Hall–Kier alpha value is -1.85. The van der Waals surface area contributed by atoms with Gasteiger partial charge in [-0.25, -0.2) is 4.79 Å². The van der Waals surface area contributed by atoms with Gasteiger partial charge in [0.1, 0.15) is 11.5 Å². The van der Waals surface area contributed by atoms with Crippen LogP contribution in [0.5, 0.6) is 11.5 Å². The Balaban J connectivity index is 0.000000284. The molecule has 0 bridgehead atoms. The van der Waals surface area contributed by atoms with Crippen molar-refractivity contribution in [3.63, 3.8) is 0 Å². The number of rotatable bonds is 11. The molecule has 292 valence electrons. The van der Waals surface area contributed by atoms with Gasteiger partial charge in [-0.15, -0.1) is 0 Å². The Morgan fingerprint density at radius 2 is 1.27 bits per heavy atom. The first kappa shape index (κ1) is 44.5. The number of para-hydroxylation sites is 2. The lowest BCUT2D eigenvalue weighted by molar-refractivity contribution is -0.0605. The molecular weight excluding hydrogens is 821 g/mol. The minimum atomic E-state index is -5.07. The van der Waals surface area contributed by atoms with Crippen LogP contribution in [0.15, 0.2) is 61.1 Å². The summed E-state index contributed by atoms with van der Waals surface area (Å²) in [4.78, 5) is 51.7. The third-order valence-corrected chi connectivity index (χ3v) is 17.8. The molecule has 0 aliphatic carbocycles. The van der Waals surface area contributed by atoms with Gasteiger partial charge in [0.05, 0.1) is 23.8 Å². The summed E-state index contributed by atoms with van der Waals surface area (Å²) < 4.78 is 86.2. The van der Waals surface area contributed by atoms with Crippen LogP contribution in [0.2, 0.25) is 0 Å². The van der Waals surface area contributed by atoms with Crippen molar-refractivity contribution in [3.8, 4) is 11.5 Å². The molecule has 2 aliphatic heterocycles. The van der Waals surface area contributed by atoms with Crippen LogP contribution in [-0.4, -0.2) is 59.0 Å². The predicted molar refractivity (Wildman–Crippen MR) is 183 cm³/mol. The Labute approximate surface area is 307 Å². The molecule has 0 spiro atoms. The van der Waals surface area contributed by atoms with E-state index in [2.05, 4.69) is 6.58 Å². The molecule has 52 heavy (non-hydrogen) atoms. The van der Waals surface area contributed by atoms with E-state index in [9.17, 15) is 47.7 Å². The van der Waals surface area contributed by atoms with E-state index in [1.54, 1.807) is 26.8 Å². The second kappa shape index (κ2) is 17.3. The zero-order valence-electron chi connectivity index (χ0n) is 27.6. The molecule has 2 heterocycles. The maximum absolute atomic E-state index is 12.6. The first-order valence-corrected chi connectivity index (χ1v) is 21.9. The highest BCUT2D eigenvalue weighted by Crippen LogP contribution is 2.83. The predicted octanol–water partition coefficient (Wildman–Crippen LogP) is 6.49. The van der Waals surface area contributed by atoms with E-state index in [1.165, 1.54) is 42.5 Å². The maximum Gasteiger partial charge on any atom is 0.514 e. The van der Waals surface area contributed by atoms with Crippen LogP contribution < -0.4 is 15.2 Å². The number of carbonyl (C=O) groups excluding carboxylic acids is 1. The number of carbonyl (C=O) groups is 1. The lowest BCUT2D eigenvalue weighted by atomic mass is 10.2. The number of hydrogen-bond acceptors (Lipinski definition) is 15. The minimum absolute atomic E-state index is 0.000372. The molecule has 2 aromatic carbocycles. The summed E-state index contributed by atoms with van der Waals surface area (Å²) in [5.74, 6) is -0.146. The van der Waals surface area contributed by atoms with E-state index < -0.39 is 70.5 Å². The molecule has 2 fully saturated rings. The fourth-order valence-corrected chi connectivity index (χ4v) is 11.0. The van der Waals surface area contributed by atoms with Crippen LogP contribution in [0.25, 0.3) is 0 Å². The van der Waals surface area contributed by atoms with E-state index in [-0.39, 0.29) is 41.5 Å². The highest BCUT2D eigenvalue weighted by atomic mass is 35.5. The molecule has 4 atom stereocenters. The summed E-state index contributed by atoms with van der Waals surface area (Å²) in [6.07, 6.45) is -5.70. The molecule has 2 saturated heterocycles. The average molecular weight is 858 g/mol. The fraction of sp³-hybridized carbons (Fsp3) is 0.444. The van der Waals surface area contributed by atoms with Gasteiger partial charge in [0.25, 0.3) is 11.0 Å². The molecular formula is C27H37Cl2NO18P4. The normalized spacial score (nSPS) is 32.5. The number of ether oxygens (including phenoxy) is 4. The van der Waals surface area contributed by atoms with Gasteiger partial charge in [-0.3, -0.25) is 36.4 Å². The molecule has 2 aromatic rings. The summed E-state index contributed by atoms with van der Waals surface area (Å²) >= 11 is 11.0. The van der Waals surface area contributed by atoms with Crippen molar-refractivity contribution in [2.45, 2.75) is 61.2 Å². The van der Waals surface area contributed by atoms with Gasteiger partial charge in [-0.2, -0.15) is 0 Å². The Morgan fingerprint density at radius 1 is 0.846 bits per heavy atom. The van der Waals surface area contributed by atoms with Gasteiger partial charge in [-0.05, 0) is 52.4 Å². The number of hydrogen-bond donors (Lipinski definition) is 6. The third kappa shape index (κ3) is 9.87. The molecule has 4 rings (SSSR count). The highest BCUT2D eigenvalue weighted by molar-refractivity contribution is 7.79. The summed E-state index contributed by atoms with van der Waals surface area (Å²) in [6.45, 7) is 8.76. The Kier molecular flexibility index (Phi) is 14.8. The highest BCUT2D eigenvalue weighted by Gasteiger charge is 2.68. The lowest BCUT2D eigenvalue weighted by Gasteiger charge is -2.41. The SMILES string of the molecule is C=C(OCC)Oc1ccccc1C1OP(=O)(O)C(Cl)(Cl)P(=O)(O)O1.CC(C)OC(=O)Oc1ccccc1C1OP(=O)(O)C(O)(CCCN)P(=O)(O)O1. The molecule has 0 radical (unpaired) electrons. The second-order valence-electron chi connectivity index (χ2n) is 10.8. The van der Waals surface area contributed by atoms with Gasteiger partial charge in [0.15, 0.2) is 0 Å². The van der Waals surface area contributed by atoms with Crippen LogP contribution in [0.1, 0.15) is 57.3 Å². The maximum atomic E-state index is 12.6. The first-order valence-electron chi connectivity index (χ1n) is 14.9. The number of alkyl halides is 2. The molecule has 19 nitrogen and oxygen atoms in total. The van der Waals surface area contributed by atoms with E-state index in [1.807, 2.05) is 0 Å². The Bertz CT molecular complexity index is 1760. The quantitative estimate of drug-likeness (QED) is 0.0463. The van der Waals surface area contributed by atoms with Crippen molar-refractivity contribution in [2.75, 3.05) is 13.2 Å². The number of benzene rings is 2. The molecule has 0 amide bonds. The number of halogens is 2. The van der Waals surface area contributed by atoms with Crippen molar-refractivity contribution in [1.29, 1.82) is 0 Å². The zero-order valence-corrected chi connectivity index (χ0v) is 32.6. The summed E-state index contributed by atoms with van der Waals surface area (Å²) in [7, 11) is -20.0. The monoisotopic (exact) mass is 857 g/mol. The number of nitrogens with two attached hydrogens (primary N) is 1. The van der Waals surface area contributed by atoms with Crippen molar-refractivity contribution in [2.24, 2.45) is 5.73 Å². The van der Waals surface area contributed by atoms with E-state index in [0.717, 1.165) is 0 Å². The Morgan fingerprint density at radius 3 is 1.69 bits per heavy atom. The summed E-state index contributed by atoms with van der Waals surface area (Å²) in [5.41, 5.74) is 5.23. The van der Waals surface area contributed by atoms with Gasteiger partial charge >= 0.3 is 40.4 Å². The molecule has 0 aromatic heterocycles. The lowest BCUT2D eigenvalue weighted by Crippen LogP contribution is -2.36. The van der Waals surface area contributed by atoms with Crippen LogP contribution in [0, 0.1) is 0 Å². The van der Waals surface area contributed by atoms with Crippen LogP contribution in [0.3, 0.4) is 0 Å². The van der Waals surface area contributed by atoms with Crippen LogP contribution >= 0.6 is 53.6 Å². The third-order valence-electron chi connectivity index (χ3n) is 6.66. The van der Waals surface area contributed by atoms with Crippen molar-refractivity contribution in [3.05, 3.63) is 72.2 Å². The van der Waals surface area contributed by atoms with Crippen LogP contribution in [-0.2, 0) is 45.8 Å². The minimum Gasteiger partial charge on any atom is -0.466 e. The van der Waals surface area contributed by atoms with Crippen molar-refractivity contribution >= 4 is 59.7 Å². The molecule has 2 aliphatic rings. The van der Waals surface area contributed by atoms with E-state index in [0.29, 0.717) is 6.61 Å². The number of aliphatic hydroxyl groups is 1. The topological polar surface area (TPSA) is 286 Å². The standard InChI is InChI=1S/C15H23NO10P2.C12H14Cl2O8P2/c1-10(2)23-14(17)24-12-7-4-3-6-11(12)13-25-27(19,20)15(18,8-5-9-16)28(21,22)26-13;1-3-19-8(2)20-10-7-5-4-6-9(10)11-21-23(15,16)12(13,14)24(17,18)22-11/h3-4,6-7,10,13,18H,5,8-9,16H2,1-2H3,(H,19,20)(H,21,22);4-7,11H,2-3H2,1H3,(H,15,16)(H,17,18). The summed E-state index contributed by atoms with van der Waals surface area (Å²) in [5, 5.41) is 7.37. The summed E-state index contributed by atoms with van der Waals surface area (Å²) in [6, 6.07) is 11.5. The smallest absolute Gasteiger partial charge is 0.466 e.